The molecule has 0 amide bonds. The second kappa shape index (κ2) is 12.4. The number of furan rings is 2. The molecule has 4 heterocycles. The van der Waals surface area contributed by atoms with Gasteiger partial charge in [0.2, 0.25) is 0 Å². The highest BCUT2D eigenvalue weighted by Gasteiger charge is 2.22. The summed E-state index contributed by atoms with van der Waals surface area (Å²) in [5, 5.41) is 6.48. The van der Waals surface area contributed by atoms with Gasteiger partial charge in [0.25, 0.3) is 0 Å². The quantitative estimate of drug-likeness (QED) is 0.177. The van der Waals surface area contributed by atoms with Gasteiger partial charge in [-0.25, -0.2) is 9.97 Å². The van der Waals surface area contributed by atoms with Crippen molar-refractivity contribution in [3.8, 4) is 50.7 Å². The van der Waals surface area contributed by atoms with Crippen LogP contribution >= 0.6 is 0 Å². The molecule has 12 aromatic rings. The maximum Gasteiger partial charge on any atom is 0.178 e. The SMILES string of the molecule is c1ccc(-c2cc(-c3cccc4c3oc3c4ccc4c5cccc(-c6ccc7c(c6)c6ccccc6n7-c6ccccc6)c5oc43)nc(-c3ccccc3)n2)cc1. The number of para-hydroxylation sites is 4. The van der Waals surface area contributed by atoms with Gasteiger partial charge >= 0.3 is 0 Å². The average Bonchev–Trinajstić information content (AvgIpc) is 3.97. The van der Waals surface area contributed by atoms with E-state index in [0.717, 1.165) is 94.3 Å². The largest absolute Gasteiger partial charge is 0.451 e. The van der Waals surface area contributed by atoms with E-state index >= 15 is 0 Å². The summed E-state index contributed by atoms with van der Waals surface area (Å²) < 4.78 is 16.2. The second-order valence-electron chi connectivity index (χ2n) is 14.5. The van der Waals surface area contributed by atoms with Gasteiger partial charge in [0.05, 0.1) is 22.4 Å². The molecule has 0 aliphatic heterocycles. The van der Waals surface area contributed by atoms with E-state index in [4.69, 9.17) is 18.8 Å². The molecule has 0 saturated heterocycles. The van der Waals surface area contributed by atoms with Crippen LogP contribution in [0.25, 0.3) is 116 Å². The molecule has 8 aromatic carbocycles. The van der Waals surface area contributed by atoms with Crippen LogP contribution in [0, 0.1) is 0 Å². The maximum atomic E-state index is 6.93. The van der Waals surface area contributed by atoms with Crippen molar-refractivity contribution >= 4 is 65.7 Å². The minimum absolute atomic E-state index is 0.662. The Bertz CT molecular complexity index is 3450. The third-order valence-electron chi connectivity index (χ3n) is 11.2. The van der Waals surface area contributed by atoms with Crippen LogP contribution < -0.4 is 0 Å². The van der Waals surface area contributed by atoms with Crippen LogP contribution in [0.2, 0.25) is 0 Å². The van der Waals surface area contributed by atoms with Crippen molar-refractivity contribution in [1.82, 2.24) is 14.5 Å². The molecule has 0 spiro atoms. The van der Waals surface area contributed by atoms with Crippen molar-refractivity contribution in [3.05, 3.63) is 188 Å². The number of rotatable bonds is 5. The summed E-state index contributed by atoms with van der Waals surface area (Å²) in [4.78, 5) is 10.1. The summed E-state index contributed by atoms with van der Waals surface area (Å²) in [6.07, 6.45) is 0. The highest BCUT2D eigenvalue weighted by atomic mass is 16.4. The van der Waals surface area contributed by atoms with Crippen LogP contribution in [0.15, 0.2) is 197 Å². The van der Waals surface area contributed by atoms with Crippen molar-refractivity contribution in [2.75, 3.05) is 0 Å². The van der Waals surface area contributed by atoms with E-state index in [1.165, 1.54) is 16.3 Å². The number of hydrogen-bond acceptors (Lipinski definition) is 4. The Balaban J connectivity index is 1.04. The molecule has 57 heavy (non-hydrogen) atoms. The third kappa shape index (κ3) is 4.89. The van der Waals surface area contributed by atoms with Crippen molar-refractivity contribution in [2.45, 2.75) is 0 Å². The Morgan fingerprint density at radius 2 is 0.877 bits per heavy atom. The lowest BCUT2D eigenvalue weighted by Crippen LogP contribution is -1.96. The first-order valence-electron chi connectivity index (χ1n) is 19.2. The molecule has 5 nitrogen and oxygen atoms in total. The second-order valence-corrected chi connectivity index (χ2v) is 14.5. The minimum atomic E-state index is 0.662. The first kappa shape index (κ1) is 31.6. The fraction of sp³-hybridized carbons (Fsp3) is 0. The van der Waals surface area contributed by atoms with Gasteiger partial charge in [-0.15, -0.1) is 0 Å². The Morgan fingerprint density at radius 3 is 1.60 bits per heavy atom. The summed E-state index contributed by atoms with van der Waals surface area (Å²) in [6.45, 7) is 0. The molecule has 0 saturated carbocycles. The van der Waals surface area contributed by atoms with Crippen LogP contribution in [0.5, 0.6) is 0 Å². The molecule has 0 aliphatic carbocycles. The predicted octanol–water partition coefficient (Wildman–Crippen LogP) is 14.0. The van der Waals surface area contributed by atoms with Crippen LogP contribution in [-0.2, 0) is 0 Å². The molecule has 266 valence electrons. The minimum Gasteiger partial charge on any atom is -0.451 e. The molecule has 0 fully saturated rings. The maximum absolute atomic E-state index is 6.93. The zero-order valence-corrected chi connectivity index (χ0v) is 30.6. The summed E-state index contributed by atoms with van der Waals surface area (Å²) in [6, 6.07) is 65.4. The zero-order valence-electron chi connectivity index (χ0n) is 30.6. The smallest absolute Gasteiger partial charge is 0.178 e. The monoisotopic (exact) mass is 729 g/mol. The van der Waals surface area contributed by atoms with Crippen molar-refractivity contribution in [1.29, 1.82) is 0 Å². The van der Waals surface area contributed by atoms with Gasteiger partial charge in [0, 0.05) is 60.3 Å². The Kier molecular flexibility index (Phi) is 6.86. The summed E-state index contributed by atoms with van der Waals surface area (Å²) in [7, 11) is 0. The van der Waals surface area contributed by atoms with E-state index in [2.05, 4.69) is 144 Å². The molecule has 0 unspecified atom stereocenters. The molecule has 0 radical (unpaired) electrons. The zero-order chi connectivity index (χ0) is 37.5. The first-order chi connectivity index (χ1) is 28.3. The molecular formula is C52H31N3O2. The lowest BCUT2D eigenvalue weighted by atomic mass is 10.00. The van der Waals surface area contributed by atoms with Gasteiger partial charge in [0.1, 0.15) is 11.2 Å². The van der Waals surface area contributed by atoms with Crippen molar-refractivity contribution in [2.24, 2.45) is 0 Å². The molecule has 4 aromatic heterocycles. The van der Waals surface area contributed by atoms with Gasteiger partial charge in [0.15, 0.2) is 17.0 Å². The van der Waals surface area contributed by atoms with E-state index in [-0.39, 0.29) is 0 Å². The highest BCUT2D eigenvalue weighted by Crippen LogP contribution is 2.44. The molecule has 12 rings (SSSR count). The number of benzene rings is 8. The summed E-state index contributed by atoms with van der Waals surface area (Å²) >= 11 is 0. The first-order valence-corrected chi connectivity index (χ1v) is 19.2. The van der Waals surface area contributed by atoms with Crippen LogP contribution in [0.3, 0.4) is 0 Å². The molecule has 0 bridgehead atoms. The average molecular weight is 730 g/mol. The van der Waals surface area contributed by atoms with Crippen LogP contribution in [0.1, 0.15) is 0 Å². The molecule has 0 aliphatic rings. The summed E-state index contributed by atoms with van der Waals surface area (Å²) in [5.74, 6) is 0.662. The van der Waals surface area contributed by atoms with Gasteiger partial charge in [-0.2, -0.15) is 0 Å². The lowest BCUT2D eigenvalue weighted by Gasteiger charge is -2.09. The van der Waals surface area contributed by atoms with Crippen molar-refractivity contribution in [3.63, 3.8) is 0 Å². The molecule has 0 atom stereocenters. The Labute approximate surface area is 326 Å². The number of fused-ring (bicyclic) bond motifs is 10. The lowest BCUT2D eigenvalue weighted by molar-refractivity contribution is 0.634. The number of nitrogens with zero attached hydrogens (tertiary/aromatic N) is 3. The highest BCUT2D eigenvalue weighted by molar-refractivity contribution is 6.21. The van der Waals surface area contributed by atoms with Crippen molar-refractivity contribution < 1.29 is 8.83 Å². The Morgan fingerprint density at radius 1 is 0.333 bits per heavy atom. The van der Waals surface area contributed by atoms with E-state index in [0.29, 0.717) is 5.82 Å². The van der Waals surface area contributed by atoms with E-state index in [1.807, 2.05) is 48.5 Å². The normalized spacial score (nSPS) is 11.9. The topological polar surface area (TPSA) is 57.0 Å². The number of aromatic nitrogens is 3. The van der Waals surface area contributed by atoms with Gasteiger partial charge in [-0.1, -0.05) is 133 Å². The van der Waals surface area contributed by atoms with E-state index < -0.39 is 0 Å². The predicted molar refractivity (Wildman–Crippen MR) is 233 cm³/mol. The van der Waals surface area contributed by atoms with E-state index in [9.17, 15) is 0 Å². The standard InChI is InChI=1S/C52H31N3O2/c1-4-14-32(15-5-1)44-31-45(54-52(53-44)33-16-6-2-7-17-33)42-24-13-23-39-41-28-27-40-38-22-12-21-36(48(38)56-50(40)51(41)57-49(39)42)34-26-29-47-43(30-34)37-20-10-11-25-46(37)55(47)35-18-8-3-9-19-35/h1-31H. The fourth-order valence-electron chi connectivity index (χ4n) is 8.59. The number of hydrogen-bond donors (Lipinski definition) is 0. The fourth-order valence-corrected chi connectivity index (χ4v) is 8.59. The molecular weight excluding hydrogens is 699 g/mol. The Hall–Kier alpha value is -7.76. The molecule has 5 heteroatoms. The van der Waals surface area contributed by atoms with E-state index in [1.54, 1.807) is 0 Å². The summed E-state index contributed by atoms with van der Waals surface area (Å²) in [5.41, 5.74) is 13.2. The van der Waals surface area contributed by atoms with Gasteiger partial charge < -0.3 is 13.4 Å². The van der Waals surface area contributed by atoms with Crippen LogP contribution in [0.4, 0.5) is 0 Å². The third-order valence-corrected chi connectivity index (χ3v) is 11.2. The molecule has 0 N–H and O–H groups in total. The van der Waals surface area contributed by atoms with Gasteiger partial charge in [-0.05, 0) is 60.2 Å². The van der Waals surface area contributed by atoms with Gasteiger partial charge in [-0.3, -0.25) is 0 Å². The van der Waals surface area contributed by atoms with Crippen LogP contribution in [-0.4, -0.2) is 14.5 Å².